The molecule has 0 radical (unpaired) electrons. The van der Waals surface area contributed by atoms with Crippen LogP contribution >= 0.6 is 0 Å². The lowest BCUT2D eigenvalue weighted by Gasteiger charge is -2.26. The number of nitrogens with two attached hydrogens (primary N) is 1. The molecule has 5 rings (SSSR count). The first kappa shape index (κ1) is 23.6. The quantitative estimate of drug-likeness (QED) is 0.417. The highest BCUT2D eigenvalue weighted by atomic mass is 16.6. The molecule has 0 bridgehead atoms. The van der Waals surface area contributed by atoms with E-state index in [1.165, 1.54) is 0 Å². The van der Waals surface area contributed by atoms with Gasteiger partial charge in [0.15, 0.2) is 11.5 Å². The van der Waals surface area contributed by atoms with Crippen LogP contribution in [0, 0.1) is 6.92 Å². The molecular weight excluding hydrogens is 446 g/mol. The summed E-state index contributed by atoms with van der Waals surface area (Å²) in [5, 5.41) is 4.36. The number of aromatic nitrogens is 3. The molecule has 9 heteroatoms. The average molecular weight is 480 g/mol. The number of aryl methyl sites for hydroxylation is 1. The Kier molecular flexibility index (Phi) is 6.37. The van der Waals surface area contributed by atoms with Crippen LogP contribution in [0.3, 0.4) is 0 Å². The van der Waals surface area contributed by atoms with Gasteiger partial charge in [-0.2, -0.15) is 0 Å². The van der Waals surface area contributed by atoms with Crippen molar-refractivity contribution in [2.75, 3.05) is 44.6 Å². The number of nitrogen functional groups attached to an aromatic ring is 1. The molecule has 1 aromatic carbocycles. The summed E-state index contributed by atoms with van der Waals surface area (Å²) in [5.41, 5.74) is 9.81. The number of benzene rings is 1. The predicted molar refractivity (Wildman–Crippen MR) is 134 cm³/mol. The fraction of sp³-hybridized carbons (Fsp3) is 0.500. The Morgan fingerprint density at radius 1 is 1.11 bits per heavy atom. The van der Waals surface area contributed by atoms with Crippen LogP contribution < -0.4 is 20.5 Å². The Balaban J connectivity index is 1.40. The molecule has 3 aromatic rings. The molecule has 1 saturated carbocycles. The van der Waals surface area contributed by atoms with Gasteiger partial charge in [-0.15, -0.1) is 0 Å². The molecule has 1 saturated heterocycles. The van der Waals surface area contributed by atoms with E-state index in [9.17, 15) is 0 Å². The van der Waals surface area contributed by atoms with E-state index in [1.54, 1.807) is 7.11 Å². The summed E-state index contributed by atoms with van der Waals surface area (Å²) in [7, 11) is 1.62. The van der Waals surface area contributed by atoms with Crippen LogP contribution in [-0.4, -0.2) is 54.6 Å². The summed E-state index contributed by atoms with van der Waals surface area (Å²) in [6.45, 7) is 8.34. The average Bonchev–Trinajstić information content (AvgIpc) is 3.55. The highest BCUT2D eigenvalue weighted by Crippen LogP contribution is 2.47. The Morgan fingerprint density at radius 2 is 1.91 bits per heavy atom. The van der Waals surface area contributed by atoms with E-state index in [4.69, 9.17) is 34.6 Å². The van der Waals surface area contributed by atoms with E-state index in [-0.39, 0.29) is 17.6 Å². The predicted octanol–water partition coefficient (Wildman–Crippen LogP) is 3.94. The van der Waals surface area contributed by atoms with E-state index >= 15 is 0 Å². The van der Waals surface area contributed by atoms with Crippen LogP contribution in [0.15, 0.2) is 24.3 Å². The molecule has 3 N–H and O–H groups in total. The minimum atomic E-state index is -0.110. The van der Waals surface area contributed by atoms with E-state index in [1.807, 2.05) is 31.2 Å². The molecule has 1 aliphatic heterocycles. The van der Waals surface area contributed by atoms with Crippen LogP contribution in [0.5, 0.6) is 11.5 Å². The second kappa shape index (κ2) is 9.47. The molecule has 35 heavy (non-hydrogen) atoms. The third-order valence-electron chi connectivity index (χ3n) is 6.68. The van der Waals surface area contributed by atoms with Crippen molar-refractivity contribution in [3.8, 4) is 11.5 Å². The summed E-state index contributed by atoms with van der Waals surface area (Å²) in [5.74, 6) is 2.59. The maximum Gasteiger partial charge on any atom is 0.162 e. The number of nitrogens with zero attached hydrogens (tertiary/aromatic N) is 3. The fourth-order valence-electron chi connectivity index (χ4n) is 4.14. The van der Waals surface area contributed by atoms with Crippen LogP contribution in [0.25, 0.3) is 10.9 Å². The number of hydrogen-bond acceptors (Lipinski definition) is 9. The Bertz CT molecular complexity index is 1230. The summed E-state index contributed by atoms with van der Waals surface area (Å²) < 4.78 is 22.4. The zero-order chi connectivity index (χ0) is 24.6. The summed E-state index contributed by atoms with van der Waals surface area (Å²) in [4.78, 5) is 14.2. The van der Waals surface area contributed by atoms with E-state index in [0.717, 1.165) is 40.8 Å². The molecule has 1 atom stereocenters. The number of anilines is 2. The molecule has 0 amide bonds. The monoisotopic (exact) mass is 479 g/mol. The number of rotatable bonds is 10. The molecule has 2 aromatic heterocycles. The first-order valence-electron chi connectivity index (χ1n) is 12.1. The van der Waals surface area contributed by atoms with Crippen LogP contribution in [-0.2, 0) is 14.9 Å². The van der Waals surface area contributed by atoms with Crippen molar-refractivity contribution in [3.63, 3.8) is 0 Å². The van der Waals surface area contributed by atoms with Gasteiger partial charge in [0.2, 0.25) is 0 Å². The van der Waals surface area contributed by atoms with Gasteiger partial charge in [0.1, 0.15) is 24.4 Å². The zero-order valence-corrected chi connectivity index (χ0v) is 20.8. The van der Waals surface area contributed by atoms with Crippen LogP contribution in [0.4, 0.5) is 11.5 Å². The van der Waals surface area contributed by atoms with Crippen molar-refractivity contribution in [1.82, 2.24) is 15.0 Å². The van der Waals surface area contributed by atoms with Crippen molar-refractivity contribution in [2.24, 2.45) is 0 Å². The molecule has 2 fully saturated rings. The Labute approximate surface area is 205 Å². The molecule has 186 valence electrons. The van der Waals surface area contributed by atoms with Crippen LogP contribution in [0.2, 0.25) is 0 Å². The molecule has 1 unspecified atom stereocenters. The van der Waals surface area contributed by atoms with Gasteiger partial charge in [-0.1, -0.05) is 6.92 Å². The van der Waals surface area contributed by atoms with E-state index in [2.05, 4.69) is 24.1 Å². The lowest BCUT2D eigenvalue weighted by atomic mass is 10.0. The van der Waals surface area contributed by atoms with E-state index in [0.29, 0.717) is 49.6 Å². The number of nitrogens with one attached hydrogen (secondary N) is 1. The molecule has 0 spiro atoms. The normalized spacial score (nSPS) is 17.6. The highest BCUT2D eigenvalue weighted by Gasteiger charge is 2.40. The van der Waals surface area contributed by atoms with Crippen molar-refractivity contribution >= 4 is 22.4 Å². The van der Waals surface area contributed by atoms with Gasteiger partial charge in [-0.25, -0.2) is 9.97 Å². The second-order valence-corrected chi connectivity index (χ2v) is 9.66. The third-order valence-corrected chi connectivity index (χ3v) is 6.68. The standard InChI is InChI=1S/C26H33N5O4/c1-15(20-9-17(27)10-24(31-20)26(3)5-6-26)28-25-19-11-23(35-8-7-34-18-13-33-14-18)22(32-4)12-21(19)29-16(2)30-25/h9-12,15,18H,5-8,13-14H2,1-4H3,(H2,27,31)(H,28,29,30). The molecule has 2 aliphatic rings. The highest BCUT2D eigenvalue weighted by molar-refractivity contribution is 5.92. The smallest absolute Gasteiger partial charge is 0.162 e. The minimum Gasteiger partial charge on any atom is -0.493 e. The second-order valence-electron chi connectivity index (χ2n) is 9.66. The molecule has 1 aliphatic carbocycles. The lowest BCUT2D eigenvalue weighted by Crippen LogP contribution is -2.37. The largest absolute Gasteiger partial charge is 0.493 e. The van der Waals surface area contributed by atoms with E-state index < -0.39 is 0 Å². The number of hydrogen-bond donors (Lipinski definition) is 2. The third kappa shape index (κ3) is 5.11. The number of pyridine rings is 1. The van der Waals surface area contributed by atoms with Gasteiger partial charge in [-0.05, 0) is 44.9 Å². The molecule has 3 heterocycles. The van der Waals surface area contributed by atoms with Gasteiger partial charge in [0.25, 0.3) is 0 Å². The Hall–Kier alpha value is -3.17. The summed E-state index contributed by atoms with van der Waals surface area (Å²) in [6, 6.07) is 7.60. The van der Waals surface area contributed by atoms with Gasteiger partial charge < -0.3 is 30.0 Å². The molecular formula is C26H33N5O4. The fourth-order valence-corrected chi connectivity index (χ4v) is 4.14. The maximum atomic E-state index is 6.23. The SMILES string of the molecule is COc1cc2nc(C)nc(NC(C)c3cc(N)cc(C4(C)CC4)n3)c2cc1OCCOC1COC1. The van der Waals surface area contributed by atoms with Crippen molar-refractivity contribution < 1.29 is 18.9 Å². The van der Waals surface area contributed by atoms with Crippen molar-refractivity contribution in [1.29, 1.82) is 0 Å². The summed E-state index contributed by atoms with van der Waals surface area (Å²) >= 11 is 0. The topological polar surface area (TPSA) is 114 Å². The first-order chi connectivity index (χ1) is 16.8. The molecule has 9 nitrogen and oxygen atoms in total. The summed E-state index contributed by atoms with van der Waals surface area (Å²) in [6.07, 6.45) is 2.45. The van der Waals surface area contributed by atoms with Crippen LogP contribution in [0.1, 0.15) is 49.9 Å². The number of fused-ring (bicyclic) bond motifs is 1. The van der Waals surface area contributed by atoms with Gasteiger partial charge in [0.05, 0.1) is 44.2 Å². The minimum absolute atomic E-state index is 0.110. The van der Waals surface area contributed by atoms with Gasteiger partial charge >= 0.3 is 0 Å². The zero-order valence-electron chi connectivity index (χ0n) is 20.8. The number of methoxy groups -OCH3 is 1. The van der Waals surface area contributed by atoms with Gasteiger partial charge in [-0.3, -0.25) is 4.98 Å². The van der Waals surface area contributed by atoms with Crippen molar-refractivity contribution in [3.05, 3.63) is 41.5 Å². The lowest BCUT2D eigenvalue weighted by molar-refractivity contribution is -0.132. The maximum absolute atomic E-state index is 6.23. The first-order valence-corrected chi connectivity index (χ1v) is 12.1. The Morgan fingerprint density at radius 3 is 2.60 bits per heavy atom. The van der Waals surface area contributed by atoms with Crippen molar-refractivity contribution in [2.45, 2.75) is 51.2 Å². The number of ether oxygens (including phenoxy) is 4. The van der Waals surface area contributed by atoms with Gasteiger partial charge in [0, 0.05) is 28.2 Å².